The summed E-state index contributed by atoms with van der Waals surface area (Å²) >= 11 is 0. The molecule has 0 aromatic heterocycles. The van der Waals surface area contributed by atoms with Gasteiger partial charge >= 0.3 is 0 Å². The lowest BCUT2D eigenvalue weighted by molar-refractivity contribution is 0.0362. The van der Waals surface area contributed by atoms with Crippen molar-refractivity contribution in [3.63, 3.8) is 0 Å². The number of nitrogens with zero attached hydrogens (tertiary/aromatic N) is 2. The number of rotatable bonds is 2. The van der Waals surface area contributed by atoms with Crippen molar-refractivity contribution in [2.45, 2.75) is 63.7 Å². The molecule has 2 fully saturated rings. The number of nitrogens with one attached hydrogen (secondary N) is 1. The SMILES string of the molecule is CNC1CCN(C2CCN(C)C(C)C2)C(C)C1. The highest BCUT2D eigenvalue weighted by Crippen LogP contribution is 2.27. The Hall–Kier alpha value is -0.120. The van der Waals surface area contributed by atoms with Crippen molar-refractivity contribution in [2.75, 3.05) is 27.2 Å². The third-order valence-corrected chi connectivity index (χ3v) is 4.99. The van der Waals surface area contributed by atoms with E-state index in [1.165, 1.54) is 38.8 Å². The maximum atomic E-state index is 3.44. The monoisotopic (exact) mass is 239 g/mol. The fourth-order valence-electron chi connectivity index (χ4n) is 3.56. The standard InChI is InChI=1S/C14H29N3/c1-11-10-14(6-7-16(11)4)17-8-5-13(15-3)9-12(17)2/h11-15H,5-10H2,1-4H3. The Morgan fingerprint density at radius 2 is 1.76 bits per heavy atom. The van der Waals surface area contributed by atoms with Gasteiger partial charge in [0.1, 0.15) is 0 Å². The second-order valence-corrected chi connectivity index (χ2v) is 6.10. The summed E-state index contributed by atoms with van der Waals surface area (Å²) in [5.41, 5.74) is 0. The second-order valence-electron chi connectivity index (χ2n) is 6.10. The molecular formula is C14H29N3. The van der Waals surface area contributed by atoms with E-state index in [0.29, 0.717) is 0 Å². The molecule has 3 nitrogen and oxygen atoms in total. The van der Waals surface area contributed by atoms with Crippen LogP contribution in [0.2, 0.25) is 0 Å². The average molecular weight is 239 g/mol. The third-order valence-electron chi connectivity index (χ3n) is 4.99. The van der Waals surface area contributed by atoms with Crippen LogP contribution in [0.25, 0.3) is 0 Å². The number of hydrogen-bond acceptors (Lipinski definition) is 3. The molecule has 0 aliphatic carbocycles. The van der Waals surface area contributed by atoms with Crippen LogP contribution in [0.1, 0.15) is 39.5 Å². The minimum Gasteiger partial charge on any atom is -0.317 e. The van der Waals surface area contributed by atoms with Crippen LogP contribution < -0.4 is 5.32 Å². The zero-order valence-electron chi connectivity index (χ0n) is 11.9. The third kappa shape index (κ3) is 3.01. The van der Waals surface area contributed by atoms with Crippen molar-refractivity contribution >= 4 is 0 Å². The molecule has 0 aromatic carbocycles. The molecule has 4 atom stereocenters. The fraction of sp³-hybridized carbons (Fsp3) is 1.00. The highest BCUT2D eigenvalue weighted by molar-refractivity contribution is 4.90. The number of likely N-dealkylation sites (tertiary alicyclic amines) is 2. The van der Waals surface area contributed by atoms with Gasteiger partial charge in [0.25, 0.3) is 0 Å². The molecule has 4 unspecified atom stereocenters. The van der Waals surface area contributed by atoms with Gasteiger partial charge < -0.3 is 10.2 Å². The Bertz CT molecular complexity index is 244. The Morgan fingerprint density at radius 3 is 2.35 bits per heavy atom. The van der Waals surface area contributed by atoms with E-state index in [-0.39, 0.29) is 0 Å². The van der Waals surface area contributed by atoms with Crippen molar-refractivity contribution < 1.29 is 0 Å². The summed E-state index contributed by atoms with van der Waals surface area (Å²) in [5.74, 6) is 0. The molecule has 1 N–H and O–H groups in total. The minimum atomic E-state index is 0.741. The molecule has 2 saturated heterocycles. The summed E-state index contributed by atoms with van der Waals surface area (Å²) < 4.78 is 0. The van der Waals surface area contributed by atoms with Gasteiger partial charge in [0, 0.05) is 30.7 Å². The molecule has 0 saturated carbocycles. The zero-order valence-corrected chi connectivity index (χ0v) is 11.9. The first-order valence-corrected chi connectivity index (χ1v) is 7.25. The van der Waals surface area contributed by atoms with E-state index in [1.807, 2.05) is 0 Å². The van der Waals surface area contributed by atoms with Gasteiger partial charge in [-0.25, -0.2) is 0 Å². The molecule has 2 heterocycles. The first kappa shape index (κ1) is 13.3. The summed E-state index contributed by atoms with van der Waals surface area (Å²) in [7, 11) is 4.36. The van der Waals surface area contributed by atoms with Gasteiger partial charge in [-0.2, -0.15) is 0 Å². The Kier molecular flexibility index (Phi) is 4.45. The summed E-state index contributed by atoms with van der Waals surface area (Å²) in [6, 6.07) is 3.07. The van der Waals surface area contributed by atoms with Crippen LogP contribution >= 0.6 is 0 Å². The van der Waals surface area contributed by atoms with Crippen LogP contribution in [0, 0.1) is 0 Å². The van der Waals surface area contributed by atoms with Crippen molar-refractivity contribution in [3.05, 3.63) is 0 Å². The maximum absolute atomic E-state index is 3.44. The van der Waals surface area contributed by atoms with E-state index >= 15 is 0 Å². The predicted molar refractivity (Wildman–Crippen MR) is 73.4 cm³/mol. The van der Waals surface area contributed by atoms with E-state index in [4.69, 9.17) is 0 Å². The number of piperidine rings is 2. The van der Waals surface area contributed by atoms with Gasteiger partial charge in [0.05, 0.1) is 0 Å². The van der Waals surface area contributed by atoms with Gasteiger partial charge in [-0.05, 0) is 60.2 Å². The fourth-order valence-corrected chi connectivity index (χ4v) is 3.56. The van der Waals surface area contributed by atoms with Crippen LogP contribution in [-0.4, -0.2) is 61.2 Å². The van der Waals surface area contributed by atoms with E-state index in [9.17, 15) is 0 Å². The van der Waals surface area contributed by atoms with Gasteiger partial charge in [-0.1, -0.05) is 0 Å². The summed E-state index contributed by atoms with van der Waals surface area (Å²) in [6.45, 7) is 7.34. The normalized spacial score (nSPS) is 41.6. The average Bonchev–Trinajstić information content (AvgIpc) is 2.32. The molecule has 0 aromatic rings. The maximum Gasteiger partial charge on any atom is 0.0125 e. The van der Waals surface area contributed by atoms with Gasteiger partial charge in [0.2, 0.25) is 0 Å². The van der Waals surface area contributed by atoms with Crippen molar-refractivity contribution in [3.8, 4) is 0 Å². The molecule has 100 valence electrons. The van der Waals surface area contributed by atoms with Crippen LogP contribution in [0.3, 0.4) is 0 Å². The summed E-state index contributed by atoms with van der Waals surface area (Å²) in [4.78, 5) is 5.28. The largest absolute Gasteiger partial charge is 0.317 e. The van der Waals surface area contributed by atoms with E-state index in [0.717, 1.165) is 24.2 Å². The Morgan fingerprint density at radius 1 is 1.00 bits per heavy atom. The zero-order chi connectivity index (χ0) is 12.4. The molecule has 0 amide bonds. The first-order valence-electron chi connectivity index (χ1n) is 7.25. The minimum absolute atomic E-state index is 0.741. The van der Waals surface area contributed by atoms with E-state index < -0.39 is 0 Å². The van der Waals surface area contributed by atoms with Gasteiger partial charge in [0.15, 0.2) is 0 Å². The van der Waals surface area contributed by atoms with Crippen molar-refractivity contribution in [1.29, 1.82) is 0 Å². The van der Waals surface area contributed by atoms with Crippen LogP contribution in [0.15, 0.2) is 0 Å². The lowest BCUT2D eigenvalue weighted by Crippen LogP contribution is -2.54. The quantitative estimate of drug-likeness (QED) is 0.788. The molecule has 2 rings (SSSR count). The Balaban J connectivity index is 1.90. The predicted octanol–water partition coefficient (Wildman–Crippen LogP) is 1.54. The van der Waals surface area contributed by atoms with Crippen LogP contribution in [-0.2, 0) is 0 Å². The highest BCUT2D eigenvalue weighted by atomic mass is 15.2. The Labute approximate surface area is 107 Å². The lowest BCUT2D eigenvalue weighted by atomic mass is 9.91. The van der Waals surface area contributed by atoms with Crippen molar-refractivity contribution in [2.24, 2.45) is 0 Å². The summed E-state index contributed by atoms with van der Waals surface area (Å²) in [6.07, 6.45) is 5.35. The van der Waals surface area contributed by atoms with E-state index in [2.05, 4.69) is 43.1 Å². The molecule has 3 heteroatoms. The summed E-state index contributed by atoms with van der Waals surface area (Å²) in [5, 5.41) is 3.44. The molecule has 0 bridgehead atoms. The topological polar surface area (TPSA) is 18.5 Å². The van der Waals surface area contributed by atoms with Crippen molar-refractivity contribution in [1.82, 2.24) is 15.1 Å². The second kappa shape index (κ2) is 5.68. The lowest BCUT2D eigenvalue weighted by Gasteiger charge is -2.46. The molecule has 0 radical (unpaired) electrons. The smallest absolute Gasteiger partial charge is 0.0125 e. The molecule has 0 spiro atoms. The number of hydrogen-bond donors (Lipinski definition) is 1. The molecule has 17 heavy (non-hydrogen) atoms. The van der Waals surface area contributed by atoms with Gasteiger partial charge in [-0.15, -0.1) is 0 Å². The highest BCUT2D eigenvalue weighted by Gasteiger charge is 2.33. The molecular weight excluding hydrogens is 210 g/mol. The molecule has 2 aliphatic heterocycles. The van der Waals surface area contributed by atoms with E-state index in [1.54, 1.807) is 0 Å². The van der Waals surface area contributed by atoms with Gasteiger partial charge in [-0.3, -0.25) is 4.90 Å². The van der Waals surface area contributed by atoms with Crippen LogP contribution in [0.4, 0.5) is 0 Å². The first-order chi connectivity index (χ1) is 8.11. The van der Waals surface area contributed by atoms with Crippen LogP contribution in [0.5, 0.6) is 0 Å². The molecule has 2 aliphatic rings.